The van der Waals surface area contributed by atoms with Crippen LogP contribution in [0.15, 0.2) is 16.6 Å². The van der Waals surface area contributed by atoms with E-state index in [4.69, 9.17) is 22.1 Å². The molecule has 0 unspecified atom stereocenters. The van der Waals surface area contributed by atoms with Gasteiger partial charge in [-0.15, -0.1) is 0 Å². The highest BCUT2D eigenvalue weighted by Crippen LogP contribution is 2.36. The first-order chi connectivity index (χ1) is 5.16. The van der Waals surface area contributed by atoms with Gasteiger partial charge in [0.15, 0.2) is 5.75 Å². The van der Waals surface area contributed by atoms with Crippen molar-refractivity contribution >= 4 is 33.2 Å². The average molecular weight is 236 g/mol. The van der Waals surface area contributed by atoms with Gasteiger partial charge in [0, 0.05) is 0 Å². The van der Waals surface area contributed by atoms with Crippen LogP contribution in [0, 0.1) is 0 Å². The molecule has 0 bridgehead atoms. The third kappa shape index (κ3) is 1.60. The largest absolute Gasteiger partial charge is 0.493 e. The maximum absolute atomic E-state index is 5.78. The Labute approximate surface area is 78.4 Å². The van der Waals surface area contributed by atoms with Crippen molar-refractivity contribution in [2.75, 3.05) is 12.8 Å². The fourth-order valence-electron chi connectivity index (χ4n) is 0.754. The molecule has 11 heavy (non-hydrogen) atoms. The summed E-state index contributed by atoms with van der Waals surface area (Å²) in [6.07, 6.45) is 0. The van der Waals surface area contributed by atoms with Crippen LogP contribution in [-0.4, -0.2) is 7.11 Å². The van der Waals surface area contributed by atoms with Crippen LogP contribution in [0.5, 0.6) is 5.75 Å². The normalized spacial score (nSPS) is 9.73. The van der Waals surface area contributed by atoms with Crippen LogP contribution in [0.25, 0.3) is 0 Å². The Kier molecular flexibility index (Phi) is 2.62. The number of halogens is 2. The van der Waals surface area contributed by atoms with Gasteiger partial charge in [0.1, 0.15) is 0 Å². The number of hydrogen-bond donors (Lipinski definition) is 1. The van der Waals surface area contributed by atoms with Crippen molar-refractivity contribution in [2.24, 2.45) is 0 Å². The third-order valence-electron chi connectivity index (χ3n) is 1.28. The second-order valence-corrected chi connectivity index (χ2v) is 3.18. The minimum Gasteiger partial charge on any atom is -0.493 e. The van der Waals surface area contributed by atoms with Crippen molar-refractivity contribution in [3.05, 3.63) is 21.6 Å². The molecule has 1 aromatic rings. The summed E-state index contributed by atoms with van der Waals surface area (Å²) in [5, 5.41) is 0.594. The van der Waals surface area contributed by atoms with E-state index in [1.807, 2.05) is 0 Å². The quantitative estimate of drug-likeness (QED) is 0.761. The molecule has 0 aliphatic rings. The summed E-state index contributed by atoms with van der Waals surface area (Å²) in [7, 11) is 1.55. The number of hydrogen-bond acceptors (Lipinski definition) is 2. The van der Waals surface area contributed by atoms with Crippen LogP contribution in [0.2, 0.25) is 5.02 Å². The van der Waals surface area contributed by atoms with Gasteiger partial charge in [-0.3, -0.25) is 0 Å². The Morgan fingerprint density at radius 2 is 2.18 bits per heavy atom. The molecule has 60 valence electrons. The summed E-state index contributed by atoms with van der Waals surface area (Å²) in [6, 6.07) is 3.41. The third-order valence-corrected chi connectivity index (χ3v) is 2.62. The monoisotopic (exact) mass is 235 g/mol. The van der Waals surface area contributed by atoms with Crippen LogP contribution < -0.4 is 10.5 Å². The molecule has 0 saturated carbocycles. The average Bonchev–Trinajstić information content (AvgIpc) is 1.99. The van der Waals surface area contributed by atoms with Crippen LogP contribution >= 0.6 is 27.5 Å². The lowest BCUT2D eigenvalue weighted by Crippen LogP contribution is -1.92. The summed E-state index contributed by atoms with van der Waals surface area (Å²) in [4.78, 5) is 0. The van der Waals surface area contributed by atoms with Crippen LogP contribution in [0.4, 0.5) is 5.69 Å². The molecule has 0 fully saturated rings. The molecule has 0 radical (unpaired) electrons. The van der Waals surface area contributed by atoms with Gasteiger partial charge in [-0.05, 0) is 28.1 Å². The molecule has 0 aromatic heterocycles. The highest BCUT2D eigenvalue weighted by Gasteiger charge is 2.07. The Balaban J connectivity index is 3.29. The fraction of sp³-hybridized carbons (Fsp3) is 0.143. The highest BCUT2D eigenvalue weighted by molar-refractivity contribution is 9.10. The molecule has 0 saturated heterocycles. The van der Waals surface area contributed by atoms with Gasteiger partial charge in [0.25, 0.3) is 0 Å². The number of nitrogens with two attached hydrogens (primary N) is 1. The molecule has 2 N–H and O–H groups in total. The highest BCUT2D eigenvalue weighted by atomic mass is 79.9. The van der Waals surface area contributed by atoms with Crippen molar-refractivity contribution in [2.45, 2.75) is 0 Å². The van der Waals surface area contributed by atoms with Gasteiger partial charge < -0.3 is 10.5 Å². The van der Waals surface area contributed by atoms with Gasteiger partial charge in [-0.25, -0.2) is 0 Å². The van der Waals surface area contributed by atoms with Crippen LogP contribution in [-0.2, 0) is 0 Å². The van der Waals surface area contributed by atoms with E-state index in [1.54, 1.807) is 19.2 Å². The van der Waals surface area contributed by atoms with Crippen molar-refractivity contribution in [1.29, 1.82) is 0 Å². The zero-order chi connectivity index (χ0) is 8.43. The van der Waals surface area contributed by atoms with E-state index in [0.29, 0.717) is 20.9 Å². The second-order valence-electron chi connectivity index (χ2n) is 1.98. The molecule has 0 amide bonds. The second kappa shape index (κ2) is 3.32. The number of rotatable bonds is 1. The van der Waals surface area contributed by atoms with Gasteiger partial charge in [-0.1, -0.05) is 11.6 Å². The summed E-state index contributed by atoms with van der Waals surface area (Å²) < 4.78 is 5.70. The standard InChI is InChI=1S/C7H7BrClNO/c1-11-7-5(10)3-2-4(9)6(7)8/h2-3H,10H2,1H3. The molecule has 0 spiro atoms. The molecule has 1 aromatic carbocycles. The fourth-order valence-corrected chi connectivity index (χ4v) is 1.43. The number of benzene rings is 1. The molecular weight excluding hydrogens is 229 g/mol. The minimum atomic E-state index is 0.573. The maximum Gasteiger partial charge on any atom is 0.157 e. The van der Waals surface area contributed by atoms with Crippen LogP contribution in [0.1, 0.15) is 0 Å². The number of methoxy groups -OCH3 is 1. The van der Waals surface area contributed by atoms with Gasteiger partial charge >= 0.3 is 0 Å². The lowest BCUT2D eigenvalue weighted by atomic mass is 10.3. The van der Waals surface area contributed by atoms with Crippen molar-refractivity contribution < 1.29 is 4.74 Å². The lowest BCUT2D eigenvalue weighted by molar-refractivity contribution is 0.414. The van der Waals surface area contributed by atoms with Crippen molar-refractivity contribution in [1.82, 2.24) is 0 Å². The first-order valence-corrected chi connectivity index (χ1v) is 4.11. The van der Waals surface area contributed by atoms with E-state index in [1.165, 1.54) is 0 Å². The summed E-state index contributed by atoms with van der Waals surface area (Å²) in [6.45, 7) is 0. The zero-order valence-corrected chi connectivity index (χ0v) is 8.24. The Morgan fingerprint density at radius 3 is 2.64 bits per heavy atom. The van der Waals surface area contributed by atoms with E-state index in [-0.39, 0.29) is 0 Å². The van der Waals surface area contributed by atoms with Crippen molar-refractivity contribution in [3.63, 3.8) is 0 Å². The van der Waals surface area contributed by atoms with Crippen LogP contribution in [0.3, 0.4) is 0 Å². The van der Waals surface area contributed by atoms with Gasteiger partial charge in [-0.2, -0.15) is 0 Å². The van der Waals surface area contributed by atoms with E-state index >= 15 is 0 Å². The van der Waals surface area contributed by atoms with Gasteiger partial charge in [0.2, 0.25) is 0 Å². The Morgan fingerprint density at radius 1 is 1.55 bits per heavy atom. The molecular formula is C7H7BrClNO. The zero-order valence-electron chi connectivity index (χ0n) is 5.90. The van der Waals surface area contributed by atoms with E-state index in [0.717, 1.165) is 0 Å². The number of anilines is 1. The topological polar surface area (TPSA) is 35.2 Å². The first-order valence-electron chi connectivity index (χ1n) is 2.94. The molecule has 0 aliphatic carbocycles. The molecule has 0 aliphatic heterocycles. The lowest BCUT2D eigenvalue weighted by Gasteiger charge is -2.06. The van der Waals surface area contributed by atoms with E-state index in [9.17, 15) is 0 Å². The smallest absolute Gasteiger partial charge is 0.157 e. The Hall–Kier alpha value is -0.410. The molecule has 4 heteroatoms. The molecule has 2 nitrogen and oxygen atoms in total. The van der Waals surface area contributed by atoms with E-state index in [2.05, 4.69) is 15.9 Å². The predicted molar refractivity (Wildman–Crippen MR) is 50.1 cm³/mol. The minimum absolute atomic E-state index is 0.573. The maximum atomic E-state index is 5.78. The van der Waals surface area contributed by atoms with Crippen molar-refractivity contribution in [3.8, 4) is 5.75 Å². The van der Waals surface area contributed by atoms with Gasteiger partial charge in [0.05, 0.1) is 22.3 Å². The SMILES string of the molecule is COc1c(N)ccc(Cl)c1Br. The summed E-state index contributed by atoms with van der Waals surface area (Å²) in [5.41, 5.74) is 6.16. The molecule has 0 heterocycles. The first kappa shape index (κ1) is 8.68. The summed E-state index contributed by atoms with van der Waals surface area (Å²) in [5.74, 6) is 0.581. The molecule has 1 rings (SSSR count). The predicted octanol–water partition coefficient (Wildman–Crippen LogP) is 2.69. The Bertz CT molecular complexity index is 277. The number of nitrogen functional groups attached to an aromatic ring is 1. The number of ether oxygens (including phenoxy) is 1. The summed E-state index contributed by atoms with van der Waals surface area (Å²) >= 11 is 9.04. The molecule has 0 atom stereocenters. The van der Waals surface area contributed by atoms with E-state index < -0.39 is 0 Å².